The minimum Gasteiger partial charge on any atom is -0.342 e. The molecule has 0 saturated carbocycles. The van der Waals surface area contributed by atoms with Gasteiger partial charge in [0.2, 0.25) is 5.91 Å². The topological polar surface area (TPSA) is 20.3 Å². The van der Waals surface area contributed by atoms with Crippen LogP contribution in [0.1, 0.15) is 33.1 Å². The van der Waals surface area contributed by atoms with E-state index in [0.29, 0.717) is 25.9 Å². The molecule has 0 aromatic heterocycles. The maximum absolute atomic E-state index is 12.8. The number of halogens is 4. The second-order valence-electron chi connectivity index (χ2n) is 5.44. The summed E-state index contributed by atoms with van der Waals surface area (Å²) in [7, 11) is 0. The lowest BCUT2D eigenvalue weighted by Crippen LogP contribution is -2.44. The fourth-order valence-corrected chi connectivity index (χ4v) is 2.67. The van der Waals surface area contributed by atoms with Crippen LogP contribution in [0.25, 0.3) is 0 Å². The highest BCUT2D eigenvalue weighted by atomic mass is 19.4. The molecule has 0 radical (unpaired) electrons. The molecule has 0 aromatic rings. The molecule has 0 N–H and O–H groups in total. The number of carbonyl (C=O) groups is 1. The zero-order valence-electron chi connectivity index (χ0n) is 11.3. The molecule has 0 aliphatic carbocycles. The molecule has 1 saturated heterocycles. The monoisotopic (exact) mass is 283 g/mol. The zero-order chi connectivity index (χ0) is 14.6. The first-order chi connectivity index (χ1) is 8.77. The molecule has 6 heteroatoms. The first-order valence-electron chi connectivity index (χ1n) is 6.68. The number of amides is 1. The zero-order valence-corrected chi connectivity index (χ0v) is 11.3. The third-order valence-electron chi connectivity index (χ3n) is 3.75. The second kappa shape index (κ2) is 6.57. The number of alkyl halides is 4. The van der Waals surface area contributed by atoms with E-state index in [1.807, 2.05) is 0 Å². The van der Waals surface area contributed by atoms with Crippen molar-refractivity contribution in [2.24, 2.45) is 17.8 Å². The van der Waals surface area contributed by atoms with Gasteiger partial charge in [-0.05, 0) is 25.2 Å². The Bertz CT molecular complexity index is 296. The molecule has 0 spiro atoms. The highest BCUT2D eigenvalue weighted by Crippen LogP contribution is 2.39. The number of likely N-dealkylation sites (tertiary alicyclic amines) is 1. The van der Waals surface area contributed by atoms with Crippen LogP contribution in [-0.2, 0) is 4.79 Å². The fraction of sp³-hybridized carbons (Fsp3) is 0.923. The number of hydrogen-bond donors (Lipinski definition) is 0. The number of piperidine rings is 1. The summed E-state index contributed by atoms with van der Waals surface area (Å²) in [5.41, 5.74) is 0. The molecule has 1 aliphatic heterocycles. The molecule has 1 unspecified atom stereocenters. The molecule has 1 atom stereocenters. The van der Waals surface area contributed by atoms with Gasteiger partial charge in [0.25, 0.3) is 0 Å². The van der Waals surface area contributed by atoms with Gasteiger partial charge in [0.05, 0.1) is 12.6 Å². The molecule has 2 nitrogen and oxygen atoms in total. The van der Waals surface area contributed by atoms with Crippen LogP contribution < -0.4 is 0 Å². The summed E-state index contributed by atoms with van der Waals surface area (Å²) in [5, 5.41) is 0. The third kappa shape index (κ3) is 4.35. The van der Waals surface area contributed by atoms with Gasteiger partial charge in [-0.15, -0.1) is 0 Å². The molecule has 1 aliphatic rings. The van der Waals surface area contributed by atoms with Crippen molar-refractivity contribution in [3.05, 3.63) is 0 Å². The van der Waals surface area contributed by atoms with E-state index in [9.17, 15) is 22.4 Å². The van der Waals surface area contributed by atoms with Crippen molar-refractivity contribution >= 4 is 5.91 Å². The van der Waals surface area contributed by atoms with Gasteiger partial charge in [0.15, 0.2) is 0 Å². The van der Waals surface area contributed by atoms with E-state index in [0.717, 1.165) is 0 Å². The summed E-state index contributed by atoms with van der Waals surface area (Å²) in [6, 6.07) is 0. The Morgan fingerprint density at radius 3 is 2.16 bits per heavy atom. The third-order valence-corrected chi connectivity index (χ3v) is 3.75. The normalized spacial score (nSPS) is 19.8. The predicted octanol–water partition coefficient (Wildman–Crippen LogP) is 3.42. The maximum atomic E-state index is 12.8. The highest BCUT2D eigenvalue weighted by molar-refractivity contribution is 5.78. The Labute approximate surface area is 111 Å². The van der Waals surface area contributed by atoms with E-state index in [1.54, 1.807) is 18.7 Å². The van der Waals surface area contributed by atoms with E-state index in [1.165, 1.54) is 0 Å². The summed E-state index contributed by atoms with van der Waals surface area (Å²) in [6.07, 6.45) is -4.20. The molecule has 19 heavy (non-hydrogen) atoms. The van der Waals surface area contributed by atoms with Crippen LogP contribution in [0.4, 0.5) is 17.6 Å². The first-order valence-corrected chi connectivity index (χ1v) is 6.68. The Morgan fingerprint density at radius 2 is 1.79 bits per heavy atom. The van der Waals surface area contributed by atoms with Gasteiger partial charge >= 0.3 is 6.18 Å². The minimum absolute atomic E-state index is 0.0208. The summed E-state index contributed by atoms with van der Waals surface area (Å²) in [5.74, 6) is -2.30. The predicted molar refractivity (Wildman–Crippen MR) is 64.3 cm³/mol. The largest absolute Gasteiger partial charge is 0.392 e. The molecule has 0 aromatic carbocycles. The lowest BCUT2D eigenvalue weighted by atomic mass is 9.82. The number of carbonyl (C=O) groups excluding carboxylic acids is 1. The first kappa shape index (κ1) is 16.2. The highest BCUT2D eigenvalue weighted by Gasteiger charge is 2.45. The Hall–Kier alpha value is -0.810. The Kier molecular flexibility index (Phi) is 5.62. The summed E-state index contributed by atoms with van der Waals surface area (Å²) >= 11 is 0. The van der Waals surface area contributed by atoms with Crippen LogP contribution in [0.15, 0.2) is 0 Å². The van der Waals surface area contributed by atoms with E-state index in [-0.39, 0.29) is 11.8 Å². The molecule has 1 fully saturated rings. The second-order valence-corrected chi connectivity index (χ2v) is 5.44. The number of rotatable bonds is 4. The summed E-state index contributed by atoms with van der Waals surface area (Å²) in [4.78, 5) is 13.4. The quantitative estimate of drug-likeness (QED) is 0.724. The standard InChI is InChI=1S/C13H21F4NO/c1-9(2)12(19)18-7-4-10(5-8-18)11(3-6-14)13(15,16)17/h9-11H,3-8H2,1-2H3. The fourth-order valence-electron chi connectivity index (χ4n) is 2.67. The van der Waals surface area contributed by atoms with Crippen molar-refractivity contribution in [3.63, 3.8) is 0 Å². The van der Waals surface area contributed by atoms with Gasteiger partial charge in [-0.2, -0.15) is 13.2 Å². The molecule has 1 rings (SSSR count). The summed E-state index contributed by atoms with van der Waals surface area (Å²) < 4.78 is 50.8. The van der Waals surface area contributed by atoms with Crippen molar-refractivity contribution in [2.45, 2.75) is 39.3 Å². The van der Waals surface area contributed by atoms with Crippen LogP contribution in [-0.4, -0.2) is 36.7 Å². The molecule has 1 heterocycles. The van der Waals surface area contributed by atoms with Crippen molar-refractivity contribution < 1.29 is 22.4 Å². The molecule has 1 amide bonds. The number of nitrogens with zero attached hydrogens (tertiary/aromatic N) is 1. The van der Waals surface area contributed by atoms with Crippen molar-refractivity contribution in [1.82, 2.24) is 4.90 Å². The average Bonchev–Trinajstić information content (AvgIpc) is 2.34. The van der Waals surface area contributed by atoms with Crippen LogP contribution >= 0.6 is 0 Å². The van der Waals surface area contributed by atoms with Crippen LogP contribution in [0.5, 0.6) is 0 Å². The Balaban J connectivity index is 2.58. The van der Waals surface area contributed by atoms with Gasteiger partial charge in [0, 0.05) is 19.0 Å². The van der Waals surface area contributed by atoms with Gasteiger partial charge < -0.3 is 4.90 Å². The van der Waals surface area contributed by atoms with Crippen molar-refractivity contribution in [2.75, 3.05) is 19.8 Å². The van der Waals surface area contributed by atoms with Crippen LogP contribution in [0.2, 0.25) is 0 Å². The van der Waals surface area contributed by atoms with E-state index >= 15 is 0 Å². The van der Waals surface area contributed by atoms with Crippen molar-refractivity contribution in [3.8, 4) is 0 Å². The lowest BCUT2D eigenvalue weighted by Gasteiger charge is -2.37. The molecular weight excluding hydrogens is 262 g/mol. The smallest absolute Gasteiger partial charge is 0.342 e. The van der Waals surface area contributed by atoms with Crippen molar-refractivity contribution in [1.29, 1.82) is 0 Å². The Morgan fingerprint density at radius 1 is 1.26 bits per heavy atom. The minimum atomic E-state index is -4.35. The van der Waals surface area contributed by atoms with Crippen LogP contribution in [0.3, 0.4) is 0 Å². The van der Waals surface area contributed by atoms with Gasteiger partial charge in [-0.3, -0.25) is 9.18 Å². The molecular formula is C13H21F4NO. The molecule has 112 valence electrons. The SMILES string of the molecule is CC(C)C(=O)N1CCC(C(CCF)C(F)(F)F)CC1. The van der Waals surface area contributed by atoms with E-state index < -0.39 is 31.1 Å². The molecule has 0 bridgehead atoms. The van der Waals surface area contributed by atoms with E-state index in [4.69, 9.17) is 0 Å². The van der Waals surface area contributed by atoms with Gasteiger partial charge in [0.1, 0.15) is 0 Å². The average molecular weight is 283 g/mol. The van der Waals surface area contributed by atoms with Crippen LogP contribution in [0, 0.1) is 17.8 Å². The lowest BCUT2D eigenvalue weighted by molar-refractivity contribution is -0.195. The summed E-state index contributed by atoms with van der Waals surface area (Å²) in [6.45, 7) is 3.29. The maximum Gasteiger partial charge on any atom is 0.392 e. The van der Waals surface area contributed by atoms with E-state index in [2.05, 4.69) is 0 Å². The van der Waals surface area contributed by atoms with Gasteiger partial charge in [-0.1, -0.05) is 13.8 Å². The van der Waals surface area contributed by atoms with Gasteiger partial charge in [-0.25, -0.2) is 0 Å². The number of hydrogen-bond acceptors (Lipinski definition) is 1.